The molecule has 2 saturated heterocycles. The smallest absolute Gasteiger partial charge is 0.414 e. The molecule has 0 spiro atoms. The van der Waals surface area contributed by atoms with Crippen LogP contribution in [0.1, 0.15) is 6.42 Å². The highest BCUT2D eigenvalue weighted by Crippen LogP contribution is 2.31. The van der Waals surface area contributed by atoms with Crippen LogP contribution in [0.4, 0.5) is 25.0 Å². The summed E-state index contributed by atoms with van der Waals surface area (Å²) in [4.78, 5) is 14.3. The third-order valence-corrected chi connectivity index (χ3v) is 6.04. The van der Waals surface area contributed by atoms with Gasteiger partial charge in [0.25, 0.3) is 0 Å². The van der Waals surface area contributed by atoms with Crippen LogP contribution in [0.3, 0.4) is 0 Å². The van der Waals surface area contributed by atoms with Crippen LogP contribution >= 0.6 is 0 Å². The predicted octanol–water partition coefficient (Wildman–Crippen LogP) is 0.874. The van der Waals surface area contributed by atoms with Crippen LogP contribution in [0.2, 0.25) is 0 Å². The Bertz CT molecular complexity index is 764. The molecule has 25 heavy (non-hydrogen) atoms. The molecule has 2 aliphatic heterocycles. The Morgan fingerprint density at radius 3 is 2.48 bits per heavy atom. The molecular weight excluding hydrogens is 356 g/mol. The quantitative estimate of drug-likeness (QED) is 0.843. The molecule has 2 heterocycles. The SMILES string of the molecule is NCC1CN(c2cc(F)c(N3CCCS(=O)(=O)CC3)c(F)c2)C(=O)O1. The molecule has 0 radical (unpaired) electrons. The molecule has 0 aliphatic carbocycles. The first kappa shape index (κ1) is 17.9. The van der Waals surface area contributed by atoms with Crippen molar-refractivity contribution in [3.63, 3.8) is 0 Å². The van der Waals surface area contributed by atoms with Crippen molar-refractivity contribution in [2.75, 3.05) is 47.5 Å². The van der Waals surface area contributed by atoms with Gasteiger partial charge >= 0.3 is 6.09 Å². The molecule has 1 amide bonds. The fourth-order valence-electron chi connectivity index (χ4n) is 3.03. The highest BCUT2D eigenvalue weighted by molar-refractivity contribution is 7.91. The number of anilines is 2. The number of nitrogens with two attached hydrogens (primary N) is 1. The van der Waals surface area contributed by atoms with E-state index in [4.69, 9.17) is 10.5 Å². The average molecular weight is 375 g/mol. The first-order chi connectivity index (χ1) is 11.8. The van der Waals surface area contributed by atoms with Crippen molar-refractivity contribution in [3.05, 3.63) is 23.8 Å². The Morgan fingerprint density at radius 1 is 1.20 bits per heavy atom. The molecule has 2 N–H and O–H groups in total. The normalized spacial score (nSPS) is 23.5. The van der Waals surface area contributed by atoms with Gasteiger partial charge in [0.2, 0.25) is 0 Å². The molecule has 10 heteroatoms. The lowest BCUT2D eigenvalue weighted by Gasteiger charge is -2.24. The van der Waals surface area contributed by atoms with Gasteiger partial charge in [0.15, 0.2) is 21.5 Å². The maximum atomic E-state index is 14.5. The number of hydrogen-bond donors (Lipinski definition) is 1. The molecule has 1 aromatic carbocycles. The summed E-state index contributed by atoms with van der Waals surface area (Å²) in [5.41, 5.74) is 5.22. The summed E-state index contributed by atoms with van der Waals surface area (Å²) < 4.78 is 57.4. The van der Waals surface area contributed by atoms with Gasteiger partial charge in [-0.1, -0.05) is 0 Å². The van der Waals surface area contributed by atoms with Crippen LogP contribution in [-0.2, 0) is 14.6 Å². The Labute approximate surface area is 144 Å². The zero-order valence-corrected chi connectivity index (χ0v) is 14.3. The van der Waals surface area contributed by atoms with Crippen molar-refractivity contribution >= 4 is 27.3 Å². The molecule has 0 bridgehead atoms. The minimum Gasteiger partial charge on any atom is -0.443 e. The van der Waals surface area contributed by atoms with E-state index in [1.807, 2.05) is 0 Å². The third-order valence-electron chi connectivity index (χ3n) is 4.32. The predicted molar refractivity (Wildman–Crippen MR) is 88.5 cm³/mol. The number of nitrogens with zero attached hydrogens (tertiary/aromatic N) is 2. The third kappa shape index (κ3) is 3.69. The van der Waals surface area contributed by atoms with E-state index in [1.165, 1.54) is 4.90 Å². The van der Waals surface area contributed by atoms with E-state index < -0.39 is 33.7 Å². The molecule has 7 nitrogen and oxygen atoms in total. The summed E-state index contributed by atoms with van der Waals surface area (Å²) in [5, 5.41) is 0. The second-order valence-electron chi connectivity index (χ2n) is 6.10. The van der Waals surface area contributed by atoms with Crippen LogP contribution in [0.15, 0.2) is 12.1 Å². The minimum atomic E-state index is -3.19. The number of carbonyl (C=O) groups is 1. The van der Waals surface area contributed by atoms with E-state index in [2.05, 4.69) is 0 Å². The van der Waals surface area contributed by atoms with E-state index in [1.54, 1.807) is 0 Å². The van der Waals surface area contributed by atoms with Crippen LogP contribution < -0.4 is 15.5 Å². The molecule has 2 fully saturated rings. The van der Waals surface area contributed by atoms with Crippen molar-refractivity contribution < 1.29 is 26.7 Å². The summed E-state index contributed by atoms with van der Waals surface area (Å²) in [6, 6.07) is 2.11. The summed E-state index contributed by atoms with van der Waals surface area (Å²) in [6.45, 7) is 0.507. The molecule has 0 saturated carbocycles. The van der Waals surface area contributed by atoms with Gasteiger partial charge in [0.1, 0.15) is 11.8 Å². The Hall–Kier alpha value is -1.94. The Kier molecular flexibility index (Phi) is 4.83. The zero-order valence-electron chi connectivity index (χ0n) is 13.5. The molecule has 0 aromatic heterocycles. The van der Waals surface area contributed by atoms with Crippen molar-refractivity contribution in [3.8, 4) is 0 Å². The summed E-state index contributed by atoms with van der Waals surface area (Å²) in [6.07, 6.45) is -0.920. The second-order valence-corrected chi connectivity index (χ2v) is 8.41. The van der Waals surface area contributed by atoms with Crippen LogP contribution in [0.5, 0.6) is 0 Å². The maximum Gasteiger partial charge on any atom is 0.414 e. The maximum absolute atomic E-state index is 14.5. The first-order valence-corrected chi connectivity index (χ1v) is 9.75. The first-order valence-electron chi connectivity index (χ1n) is 7.93. The molecule has 1 aromatic rings. The number of halogens is 2. The largest absolute Gasteiger partial charge is 0.443 e. The second kappa shape index (κ2) is 6.75. The molecule has 1 atom stereocenters. The summed E-state index contributed by atoms with van der Waals surface area (Å²) in [7, 11) is -3.19. The van der Waals surface area contributed by atoms with Gasteiger partial charge in [-0.15, -0.1) is 0 Å². The van der Waals surface area contributed by atoms with E-state index in [-0.39, 0.29) is 49.1 Å². The Balaban J connectivity index is 1.87. The monoisotopic (exact) mass is 375 g/mol. The van der Waals surface area contributed by atoms with Crippen molar-refractivity contribution in [1.29, 1.82) is 0 Å². The number of ether oxygens (including phenoxy) is 1. The van der Waals surface area contributed by atoms with Gasteiger partial charge in [-0.3, -0.25) is 4.90 Å². The summed E-state index contributed by atoms with van der Waals surface area (Å²) in [5.74, 6) is -1.84. The average Bonchev–Trinajstić information content (AvgIpc) is 2.82. The van der Waals surface area contributed by atoms with E-state index >= 15 is 0 Å². The molecular formula is C15H19F2N3O4S. The fourth-order valence-corrected chi connectivity index (χ4v) is 4.30. The Morgan fingerprint density at radius 2 is 1.88 bits per heavy atom. The van der Waals surface area contributed by atoms with Gasteiger partial charge in [0, 0.05) is 31.8 Å². The fraction of sp³-hybridized carbons (Fsp3) is 0.533. The van der Waals surface area contributed by atoms with E-state index in [0.29, 0.717) is 6.42 Å². The van der Waals surface area contributed by atoms with Gasteiger partial charge in [-0.2, -0.15) is 0 Å². The highest BCUT2D eigenvalue weighted by atomic mass is 32.2. The van der Waals surface area contributed by atoms with Gasteiger partial charge < -0.3 is 15.4 Å². The van der Waals surface area contributed by atoms with Crippen molar-refractivity contribution in [2.45, 2.75) is 12.5 Å². The topological polar surface area (TPSA) is 92.9 Å². The number of rotatable bonds is 3. The number of benzene rings is 1. The number of hydrogen-bond acceptors (Lipinski definition) is 6. The lowest BCUT2D eigenvalue weighted by atomic mass is 10.2. The molecule has 3 rings (SSSR count). The number of cyclic esters (lactones) is 1. The zero-order chi connectivity index (χ0) is 18.2. The lowest BCUT2D eigenvalue weighted by Crippen LogP contribution is -2.30. The van der Waals surface area contributed by atoms with E-state index in [0.717, 1.165) is 17.0 Å². The molecule has 2 aliphatic rings. The van der Waals surface area contributed by atoms with Crippen molar-refractivity contribution in [1.82, 2.24) is 0 Å². The lowest BCUT2D eigenvalue weighted by molar-refractivity contribution is 0.145. The minimum absolute atomic E-state index is 0.00488. The van der Waals surface area contributed by atoms with Crippen LogP contribution in [0.25, 0.3) is 0 Å². The van der Waals surface area contributed by atoms with Gasteiger partial charge in [-0.25, -0.2) is 22.0 Å². The molecule has 1 unspecified atom stereocenters. The standard InChI is InChI=1S/C15H19F2N3O4S/c16-12-6-10(20-9-11(8-18)24-15(20)21)7-13(17)14(12)19-2-1-4-25(22,23)5-3-19/h6-7,11H,1-5,8-9,18H2. The van der Waals surface area contributed by atoms with Crippen LogP contribution in [0, 0.1) is 11.6 Å². The number of sulfone groups is 1. The van der Waals surface area contributed by atoms with E-state index in [9.17, 15) is 22.0 Å². The van der Waals surface area contributed by atoms with Gasteiger partial charge in [0.05, 0.1) is 23.7 Å². The molecule has 138 valence electrons. The summed E-state index contributed by atoms with van der Waals surface area (Å²) >= 11 is 0. The number of carbonyl (C=O) groups excluding carboxylic acids is 1. The highest BCUT2D eigenvalue weighted by Gasteiger charge is 2.33. The van der Waals surface area contributed by atoms with Crippen LogP contribution in [-0.4, -0.2) is 58.3 Å². The van der Waals surface area contributed by atoms with Gasteiger partial charge in [-0.05, 0) is 6.42 Å². The van der Waals surface area contributed by atoms with Crippen molar-refractivity contribution in [2.24, 2.45) is 5.73 Å². The number of amides is 1.